The van der Waals surface area contributed by atoms with Gasteiger partial charge in [0.15, 0.2) is 85.8 Å². The number of hydrogen-bond donors (Lipinski definition) is 3. The number of carbonyl (C=O) groups excluding carboxylic acids is 2. The van der Waals surface area contributed by atoms with E-state index in [9.17, 15) is 84.2 Å². The monoisotopic (exact) mass is 2080 g/mol. The van der Waals surface area contributed by atoms with Crippen molar-refractivity contribution in [3.63, 3.8) is 0 Å². The minimum absolute atomic E-state index is 0.0293. The van der Waals surface area contributed by atoms with E-state index in [0.717, 1.165) is 132 Å². The summed E-state index contributed by atoms with van der Waals surface area (Å²) in [7, 11) is 0. The van der Waals surface area contributed by atoms with Gasteiger partial charge < -0.3 is 29.1 Å². The third-order valence-electron chi connectivity index (χ3n) is 26.3. The predicted octanol–water partition coefficient (Wildman–Crippen LogP) is 14.8. The van der Waals surface area contributed by atoms with E-state index in [0.29, 0.717) is 132 Å². The second-order valence-electron chi connectivity index (χ2n) is 35.6. The van der Waals surface area contributed by atoms with Gasteiger partial charge in [0.25, 0.3) is 0 Å². The highest BCUT2D eigenvalue weighted by Crippen LogP contribution is 2.43. The van der Waals surface area contributed by atoms with Crippen molar-refractivity contribution >= 4 is 69.1 Å². The number of nitrogens with zero attached hydrogens (tertiary/aromatic N) is 34. The summed E-state index contributed by atoms with van der Waals surface area (Å²) in [6.07, 6.45) is 16.4. The molecule has 1 spiro atoms. The molecule has 0 bridgehead atoms. The summed E-state index contributed by atoms with van der Waals surface area (Å²) < 4.78 is 232. The molecular formula is C94H76F17N37O2. The van der Waals surface area contributed by atoms with Crippen LogP contribution in [0.2, 0.25) is 0 Å². The molecule has 1 aromatic carbocycles. The van der Waals surface area contributed by atoms with Crippen molar-refractivity contribution < 1.29 is 84.2 Å². The van der Waals surface area contributed by atoms with Crippen LogP contribution in [0.5, 0.6) is 0 Å². The van der Waals surface area contributed by atoms with Gasteiger partial charge in [0.1, 0.15) is 57.6 Å². The number of hydrogen-bond acceptors (Lipinski definition) is 30. The van der Waals surface area contributed by atoms with Crippen molar-refractivity contribution in [3.8, 4) is 57.6 Å². The molecule has 6 fully saturated rings. The van der Waals surface area contributed by atoms with Crippen LogP contribution in [0.1, 0.15) is 108 Å². The molecule has 6 aliphatic rings. The number of benzene rings is 1. The highest BCUT2D eigenvalue weighted by Gasteiger charge is 2.52. The number of amides is 2. The summed E-state index contributed by atoms with van der Waals surface area (Å²) in [5.74, 6) is 3.00. The van der Waals surface area contributed by atoms with Gasteiger partial charge in [0.2, 0.25) is 23.7 Å². The Balaban J connectivity index is 0.000000109. The van der Waals surface area contributed by atoms with E-state index in [4.69, 9.17) is 0 Å². The smallest absolute Gasteiger partial charge is 0.356 e. The molecule has 6 aliphatic heterocycles. The van der Waals surface area contributed by atoms with E-state index < -0.39 is 76.7 Å². The first kappa shape index (κ1) is 98.3. The van der Waals surface area contributed by atoms with Gasteiger partial charge >= 0.3 is 30.9 Å². The van der Waals surface area contributed by atoms with Crippen LogP contribution in [0.4, 0.5) is 104 Å². The molecule has 18 aromatic heterocycles. The number of alkyl halides is 15. The fraction of sp³-hybridized carbons (Fsp3) is 0.287. The molecule has 24 heterocycles. The van der Waals surface area contributed by atoms with Crippen molar-refractivity contribution in [2.45, 2.75) is 106 Å². The number of imidazole rings is 6. The number of imide groups is 1. The van der Waals surface area contributed by atoms with Crippen LogP contribution in [0.15, 0.2) is 216 Å². The summed E-state index contributed by atoms with van der Waals surface area (Å²) in [5.41, 5.74) is -0.527. The zero-order chi connectivity index (χ0) is 104. The van der Waals surface area contributed by atoms with Crippen molar-refractivity contribution in [2.75, 3.05) is 83.4 Å². The first-order chi connectivity index (χ1) is 72.0. The maximum Gasteiger partial charge on any atom is 0.434 e. The maximum atomic E-state index is 13.8. The van der Waals surface area contributed by atoms with Crippen LogP contribution < -0.4 is 29.8 Å². The van der Waals surface area contributed by atoms with Crippen LogP contribution >= 0.6 is 0 Å². The first-order valence-corrected chi connectivity index (χ1v) is 46.2. The van der Waals surface area contributed by atoms with Crippen molar-refractivity contribution in [3.05, 3.63) is 273 Å². The molecule has 6 saturated heterocycles. The number of halogens is 17. The SMILES string of the molecule is FC(F)(F)c1cn2c(-c3nccc(N4CCC(n5ccnc5)C4)n3)cnc2cn1.FC(F)(F)c1cn2c(-c3nccc(N4CCCC4Cc4ccccc4)n3)cnc2cn1.Fc1[nH]ncc1C1CCN(c2ccnc(-c3cnc4cnc(C(F)(F)F)cn34)n2)C1.Fc1[nH]ncc1C1CCN(c2ccnc(-c3cnc4cnc(C(F)(F)F)cn34)n2)C1.O=C1CC2(CCN(c3ccnc(-c4cnc5cnc(C(F)(F)F)cn45)n3)C2)C(=O)N1. The number of aromatic nitrogens is 31. The number of rotatable bonds is 15. The molecule has 3 N–H and O–H groups in total. The summed E-state index contributed by atoms with van der Waals surface area (Å²) in [5, 5.41) is 14.4. The molecule has 768 valence electrons. The zero-order valence-electron chi connectivity index (χ0n) is 77.5. The Hall–Kier alpha value is -17.7. The van der Waals surface area contributed by atoms with E-state index in [1.807, 2.05) is 45.2 Å². The average Bonchev–Trinajstić information content (AvgIpc) is 1.61. The molecule has 5 atom stereocenters. The van der Waals surface area contributed by atoms with Crippen LogP contribution in [0.25, 0.3) is 85.8 Å². The Labute approximate surface area is 832 Å². The molecule has 0 radical (unpaired) electrons. The lowest BCUT2D eigenvalue weighted by Gasteiger charge is -2.26. The average molecular weight is 2080 g/mol. The summed E-state index contributed by atoms with van der Waals surface area (Å²) in [6.45, 7) is 5.70. The molecule has 2 amide bonds. The van der Waals surface area contributed by atoms with Gasteiger partial charge in [-0.15, -0.1) is 0 Å². The molecule has 19 aromatic rings. The summed E-state index contributed by atoms with van der Waals surface area (Å²) in [6, 6.07) is 19.6. The topological polar surface area (TPSA) is 417 Å². The van der Waals surface area contributed by atoms with Crippen molar-refractivity contribution in [1.29, 1.82) is 0 Å². The molecule has 25 rings (SSSR count). The van der Waals surface area contributed by atoms with Crippen LogP contribution in [-0.2, 0) is 46.9 Å². The van der Waals surface area contributed by atoms with E-state index in [1.54, 1.807) is 49.2 Å². The molecular weight excluding hydrogens is 2000 g/mol. The minimum atomic E-state index is -4.60. The van der Waals surface area contributed by atoms with Gasteiger partial charge in [-0.25, -0.2) is 105 Å². The number of nitrogens with one attached hydrogen (secondary N) is 3. The fourth-order valence-electron chi connectivity index (χ4n) is 18.8. The van der Waals surface area contributed by atoms with E-state index >= 15 is 0 Å². The fourth-order valence-corrected chi connectivity index (χ4v) is 18.8. The number of aromatic amines is 2. The zero-order valence-corrected chi connectivity index (χ0v) is 77.5. The van der Waals surface area contributed by atoms with Crippen LogP contribution in [0, 0.1) is 17.3 Å². The molecule has 0 saturated carbocycles. The lowest BCUT2D eigenvalue weighted by Crippen LogP contribution is -2.34. The normalized spacial score (nSPS) is 18.1. The van der Waals surface area contributed by atoms with Crippen LogP contribution in [-0.4, -0.2) is 228 Å². The number of H-pyrrole nitrogens is 2. The van der Waals surface area contributed by atoms with E-state index in [-0.39, 0.29) is 70.2 Å². The van der Waals surface area contributed by atoms with Crippen molar-refractivity contribution in [2.24, 2.45) is 5.41 Å². The third kappa shape index (κ3) is 20.5. The first-order valence-electron chi connectivity index (χ1n) is 46.2. The highest BCUT2D eigenvalue weighted by molar-refractivity contribution is 6.06. The maximum absolute atomic E-state index is 13.8. The summed E-state index contributed by atoms with van der Waals surface area (Å²) in [4.78, 5) is 120. The van der Waals surface area contributed by atoms with E-state index in [2.05, 4.69) is 157 Å². The second kappa shape index (κ2) is 39.6. The Morgan fingerprint density at radius 2 is 0.727 bits per heavy atom. The molecule has 56 heteroatoms. The van der Waals surface area contributed by atoms with Gasteiger partial charge in [-0.2, -0.15) is 84.8 Å². The number of anilines is 5. The largest absolute Gasteiger partial charge is 0.434 e. The Morgan fingerprint density at radius 3 is 1.07 bits per heavy atom. The lowest BCUT2D eigenvalue weighted by molar-refractivity contribution is -0.142. The summed E-state index contributed by atoms with van der Waals surface area (Å²) >= 11 is 0. The van der Waals surface area contributed by atoms with E-state index in [1.165, 1.54) is 89.5 Å². The predicted molar refractivity (Wildman–Crippen MR) is 497 cm³/mol. The standard InChI is InChI=1S/C22H19F3N6.2C18H14F4N8.C18H15F3N8.C18H14F3N7O2/c23-22(24,25)18-14-31-17(12-28-20(31)13-27-18)21-26-9-8-19(29-21)30-10-4-7-16(30)11-15-5-2-1-3-6-15;2*19-16-11(5-26-28-16)10-2-4-29(8-10)14-1-3-23-17(27-14)12-6-25-15-7-24-13(9-30(12)15)18(20,21)22;19-18(20,21)14-10-29-13(7-25-16(29)8-24-14)17-23-3-1-15(26-17)27-5-2-12(9-27)28-6-4-22-11-28;19-18(20,21)11-8-28-10(6-24-13(28)7-23-11)15-22-3-1-12(25-15)27-4-2-17(9-27)5-14(29)26-16(17)30/h1-3,5-6,8-9,12-14,16H,4,7,10-11H2;2*1,3,5-7,9-10H,2,4,8H2,(H,26,28);1,3-4,6-8,10-12H,2,5,9H2;1,3,6-8H,2,4-5,9H2,(H,26,29,30). The van der Waals surface area contributed by atoms with Crippen molar-refractivity contribution in [1.82, 2.24) is 157 Å². The Kier molecular flexibility index (Phi) is 26.0. The Morgan fingerprint density at radius 1 is 0.367 bits per heavy atom. The van der Waals surface area contributed by atoms with Gasteiger partial charge in [-0.3, -0.25) is 47.1 Å². The lowest BCUT2D eigenvalue weighted by atomic mass is 9.85. The molecule has 0 aliphatic carbocycles. The minimum Gasteiger partial charge on any atom is -0.356 e. The van der Waals surface area contributed by atoms with Gasteiger partial charge in [-0.1, -0.05) is 30.3 Å². The number of carbonyl (C=O) groups is 2. The van der Waals surface area contributed by atoms with Gasteiger partial charge in [-0.05, 0) is 80.8 Å². The Bertz CT molecular complexity index is 7970. The molecule has 5 unspecified atom stereocenters. The highest BCUT2D eigenvalue weighted by atomic mass is 19.4. The van der Waals surface area contributed by atoms with Gasteiger partial charge in [0, 0.05) is 169 Å². The third-order valence-corrected chi connectivity index (χ3v) is 26.3. The quantitative estimate of drug-likeness (QED) is 0.0634. The second-order valence-corrected chi connectivity index (χ2v) is 35.6. The van der Waals surface area contributed by atoms with Gasteiger partial charge in [0.05, 0.1) is 92.1 Å². The molecule has 150 heavy (non-hydrogen) atoms. The number of fused-ring (bicyclic) bond motifs is 5. The molecule has 39 nitrogen and oxygen atoms in total. The van der Waals surface area contributed by atoms with Crippen LogP contribution in [0.3, 0.4) is 0 Å².